The minimum atomic E-state index is -0.212. The van der Waals surface area contributed by atoms with E-state index in [-0.39, 0.29) is 23.8 Å². The van der Waals surface area contributed by atoms with Gasteiger partial charge in [-0.2, -0.15) is 0 Å². The Hall–Kier alpha value is -0.0151. The van der Waals surface area contributed by atoms with Gasteiger partial charge in [0.2, 0.25) is 0 Å². The topological polar surface area (TPSA) is 18.5 Å². The van der Waals surface area contributed by atoms with E-state index in [1.807, 2.05) is 0 Å². The van der Waals surface area contributed by atoms with E-state index in [1.165, 1.54) is 0 Å². The Kier molecular flexibility index (Phi) is 1.78. The average Bonchev–Trinajstić information content (AvgIpc) is 2.41. The highest BCUT2D eigenvalue weighted by Crippen LogP contribution is 2.49. The summed E-state index contributed by atoms with van der Waals surface area (Å²) >= 11 is 0. The van der Waals surface area contributed by atoms with Crippen LogP contribution in [0.5, 0.6) is 0 Å². The van der Waals surface area contributed by atoms with Crippen LogP contribution in [-0.2, 0) is 9.47 Å². The maximum absolute atomic E-state index is 5.79. The highest BCUT2D eigenvalue weighted by molar-refractivity contribution is 6.11. The van der Waals surface area contributed by atoms with Gasteiger partial charge >= 0.3 is 0 Å². The molecule has 12 heavy (non-hydrogen) atoms. The first-order valence-corrected chi connectivity index (χ1v) is 4.70. The van der Waals surface area contributed by atoms with Crippen molar-refractivity contribution in [1.82, 2.24) is 0 Å². The van der Waals surface area contributed by atoms with Gasteiger partial charge in [-0.15, -0.1) is 0 Å². The zero-order valence-electron chi connectivity index (χ0n) is 7.91. The van der Waals surface area contributed by atoms with Crippen LogP contribution in [0, 0.1) is 5.92 Å². The molecule has 2 unspecified atom stereocenters. The molecule has 0 aliphatic carbocycles. The van der Waals surface area contributed by atoms with E-state index in [1.54, 1.807) is 0 Å². The lowest BCUT2D eigenvalue weighted by molar-refractivity contribution is -0.156. The molecule has 2 rings (SSSR count). The zero-order chi connectivity index (χ0) is 8.93. The first kappa shape index (κ1) is 8.58. The Bertz CT molecular complexity index is 197. The van der Waals surface area contributed by atoms with Crippen LogP contribution in [-0.4, -0.2) is 31.7 Å². The molecular weight excluding hydrogens is 151 g/mol. The Morgan fingerprint density at radius 3 is 2.42 bits per heavy atom. The van der Waals surface area contributed by atoms with E-state index in [4.69, 9.17) is 17.3 Å². The van der Waals surface area contributed by atoms with Crippen molar-refractivity contribution in [3.05, 3.63) is 0 Å². The predicted octanol–water partition coefficient (Wildman–Crippen LogP) is 1.08. The van der Waals surface area contributed by atoms with Crippen LogP contribution >= 0.6 is 0 Å². The fraction of sp³-hybridized carbons (Fsp3) is 1.00. The monoisotopic (exact) mass is 166 g/mol. The highest BCUT2D eigenvalue weighted by Gasteiger charge is 2.60. The van der Waals surface area contributed by atoms with Crippen molar-refractivity contribution in [3.8, 4) is 0 Å². The van der Waals surface area contributed by atoms with Gasteiger partial charge in [0, 0.05) is 11.9 Å². The van der Waals surface area contributed by atoms with Crippen molar-refractivity contribution in [2.75, 3.05) is 0 Å². The van der Waals surface area contributed by atoms with Crippen LogP contribution in [0.2, 0.25) is 0 Å². The molecule has 3 heteroatoms. The summed E-state index contributed by atoms with van der Waals surface area (Å²) in [7, 11) is 5.79. The molecular formula is C9H15BO2. The summed E-state index contributed by atoms with van der Waals surface area (Å²) in [5.74, 6) is 0.437. The minimum Gasteiger partial charge on any atom is -0.376 e. The van der Waals surface area contributed by atoms with Gasteiger partial charge in [-0.3, -0.25) is 0 Å². The summed E-state index contributed by atoms with van der Waals surface area (Å²) in [6.07, 6.45) is 1.29. The van der Waals surface area contributed by atoms with Crippen LogP contribution in [0.25, 0.3) is 0 Å². The summed E-state index contributed by atoms with van der Waals surface area (Å²) in [5.41, 5.74) is -0.107. The molecule has 2 bridgehead atoms. The highest BCUT2D eigenvalue weighted by atomic mass is 16.6. The third-order valence-electron chi connectivity index (χ3n) is 3.54. The standard InChI is InChI=1S/C9H15BO2/c1-4-9-5(2)7(8(10)12-9)11-6(9)3/h5-8H,4H2,1-3H3/t5-,6?,7?,8-,9-/m1/s1. The molecule has 2 aliphatic heterocycles. The molecule has 2 heterocycles. The van der Waals surface area contributed by atoms with Crippen LogP contribution < -0.4 is 0 Å². The van der Waals surface area contributed by atoms with Crippen LogP contribution in [0.4, 0.5) is 0 Å². The molecule has 0 N–H and O–H groups in total. The number of hydrogen-bond acceptors (Lipinski definition) is 2. The van der Waals surface area contributed by atoms with Gasteiger partial charge in [-0.05, 0) is 13.3 Å². The second kappa shape index (κ2) is 2.49. The van der Waals surface area contributed by atoms with Crippen LogP contribution in [0.3, 0.4) is 0 Å². The first-order valence-electron chi connectivity index (χ1n) is 4.70. The Labute approximate surface area is 75.0 Å². The molecule has 0 aromatic carbocycles. The van der Waals surface area contributed by atoms with Crippen LogP contribution in [0.1, 0.15) is 27.2 Å². The Morgan fingerprint density at radius 1 is 1.42 bits per heavy atom. The summed E-state index contributed by atoms with van der Waals surface area (Å²) in [6.45, 7) is 6.38. The first-order chi connectivity index (χ1) is 5.62. The third-order valence-corrected chi connectivity index (χ3v) is 3.54. The van der Waals surface area contributed by atoms with Gasteiger partial charge in [-0.1, -0.05) is 13.8 Å². The van der Waals surface area contributed by atoms with Gasteiger partial charge in [-0.25, -0.2) is 0 Å². The largest absolute Gasteiger partial charge is 0.376 e. The summed E-state index contributed by atoms with van der Waals surface area (Å²) in [6, 6.07) is -0.212. The van der Waals surface area contributed by atoms with E-state index in [2.05, 4.69) is 20.8 Å². The summed E-state index contributed by atoms with van der Waals surface area (Å²) in [4.78, 5) is 0. The zero-order valence-corrected chi connectivity index (χ0v) is 7.91. The third kappa shape index (κ3) is 0.788. The normalized spacial score (nSPS) is 57.9. The van der Waals surface area contributed by atoms with Gasteiger partial charge in [0.05, 0.1) is 17.8 Å². The van der Waals surface area contributed by atoms with Crippen LogP contribution in [0.15, 0.2) is 0 Å². The molecule has 0 spiro atoms. The number of hydrogen-bond donors (Lipinski definition) is 0. The molecule has 2 saturated heterocycles. The molecule has 5 atom stereocenters. The van der Waals surface area contributed by atoms with E-state index in [9.17, 15) is 0 Å². The van der Waals surface area contributed by atoms with Crippen molar-refractivity contribution in [2.45, 2.75) is 51.0 Å². The lowest BCUT2D eigenvalue weighted by Crippen LogP contribution is -2.44. The molecule has 0 amide bonds. The summed E-state index contributed by atoms with van der Waals surface area (Å²) < 4.78 is 11.5. The van der Waals surface area contributed by atoms with Gasteiger partial charge in [0.25, 0.3) is 0 Å². The number of fused-ring (bicyclic) bond motifs is 2. The molecule has 2 radical (unpaired) electrons. The smallest absolute Gasteiger partial charge is 0.112 e. The van der Waals surface area contributed by atoms with E-state index >= 15 is 0 Å². The lowest BCUT2D eigenvalue weighted by atomic mass is 9.82. The van der Waals surface area contributed by atoms with Crippen molar-refractivity contribution >= 4 is 7.85 Å². The fourth-order valence-electron chi connectivity index (χ4n) is 2.70. The Morgan fingerprint density at radius 2 is 2.08 bits per heavy atom. The molecule has 0 aromatic rings. The van der Waals surface area contributed by atoms with Crippen molar-refractivity contribution in [2.24, 2.45) is 5.92 Å². The van der Waals surface area contributed by atoms with Crippen molar-refractivity contribution < 1.29 is 9.47 Å². The SMILES string of the molecule is [B][C@@H]1O[C@@]2(CC)C(C)OC1[C@H]2C. The van der Waals surface area contributed by atoms with Gasteiger partial charge in [0.15, 0.2) is 0 Å². The second-order valence-electron chi connectivity index (χ2n) is 3.92. The lowest BCUT2D eigenvalue weighted by Gasteiger charge is -2.35. The molecule has 2 aliphatic rings. The maximum atomic E-state index is 5.79. The van der Waals surface area contributed by atoms with Crippen molar-refractivity contribution in [1.29, 1.82) is 0 Å². The molecule has 0 aromatic heterocycles. The predicted molar refractivity (Wildman–Crippen MR) is 47.1 cm³/mol. The van der Waals surface area contributed by atoms with Gasteiger partial charge in [0.1, 0.15) is 7.85 Å². The fourth-order valence-corrected chi connectivity index (χ4v) is 2.70. The molecule has 2 nitrogen and oxygen atoms in total. The number of rotatable bonds is 1. The molecule has 0 saturated carbocycles. The van der Waals surface area contributed by atoms with Crippen molar-refractivity contribution in [3.63, 3.8) is 0 Å². The van der Waals surface area contributed by atoms with E-state index in [0.29, 0.717) is 5.92 Å². The van der Waals surface area contributed by atoms with Gasteiger partial charge < -0.3 is 9.47 Å². The van der Waals surface area contributed by atoms with E-state index in [0.717, 1.165) is 6.42 Å². The van der Waals surface area contributed by atoms with E-state index < -0.39 is 0 Å². The molecule has 2 fully saturated rings. The quantitative estimate of drug-likeness (QED) is 0.542. The second-order valence-corrected chi connectivity index (χ2v) is 3.92. The summed E-state index contributed by atoms with van der Waals surface area (Å²) in [5, 5.41) is 0. The molecule has 66 valence electrons. The minimum absolute atomic E-state index is 0.107. The number of ether oxygens (including phenoxy) is 2. The average molecular weight is 166 g/mol. The maximum Gasteiger partial charge on any atom is 0.112 e. The Balaban J connectivity index is 2.30.